The van der Waals surface area contributed by atoms with Crippen molar-refractivity contribution in [2.75, 3.05) is 24.3 Å². The number of methoxy groups -OCH3 is 1. The zero-order chi connectivity index (χ0) is 17.2. The maximum atomic E-state index is 14.0. The van der Waals surface area contributed by atoms with Crippen LogP contribution in [0.15, 0.2) is 18.2 Å². The fourth-order valence-electron chi connectivity index (χ4n) is 2.50. The van der Waals surface area contributed by atoms with Crippen molar-refractivity contribution in [3.05, 3.63) is 29.6 Å². The monoisotopic (exact) mass is 347 g/mol. The highest BCUT2D eigenvalue weighted by Gasteiger charge is 2.33. The number of carbonyl (C=O) groups is 2. The number of halogens is 2. The maximum absolute atomic E-state index is 14.0. The summed E-state index contributed by atoms with van der Waals surface area (Å²) in [5.74, 6) is -3.09. The molecule has 23 heavy (non-hydrogen) atoms. The van der Waals surface area contributed by atoms with Crippen LogP contribution >= 0.6 is 0 Å². The molecular weight excluding hydrogens is 332 g/mol. The minimum Gasteiger partial charge on any atom is -0.469 e. The molecule has 1 fully saturated rings. The summed E-state index contributed by atoms with van der Waals surface area (Å²) in [6, 6.07) is 3.89. The molecular formula is C14H15F2NO5S. The van der Waals surface area contributed by atoms with E-state index in [0.29, 0.717) is 0 Å². The molecule has 1 amide bonds. The van der Waals surface area contributed by atoms with E-state index in [2.05, 4.69) is 4.74 Å². The number of carbonyl (C=O) groups excluding carboxylic acids is 2. The molecule has 0 N–H and O–H groups in total. The molecule has 1 atom stereocenters. The number of esters is 1. The summed E-state index contributed by atoms with van der Waals surface area (Å²) < 4.78 is 52.5. The van der Waals surface area contributed by atoms with E-state index in [4.69, 9.17) is 0 Å². The van der Waals surface area contributed by atoms with E-state index in [1.165, 1.54) is 24.1 Å². The van der Waals surface area contributed by atoms with Gasteiger partial charge in [0.1, 0.15) is 5.82 Å². The van der Waals surface area contributed by atoms with Crippen LogP contribution in [0, 0.1) is 11.7 Å². The first kappa shape index (κ1) is 17.3. The summed E-state index contributed by atoms with van der Waals surface area (Å²) in [4.78, 5) is 24.3. The van der Waals surface area contributed by atoms with E-state index >= 15 is 0 Å². The fraction of sp³-hybridized carbons (Fsp3) is 0.429. The number of hydrogen-bond donors (Lipinski definition) is 0. The Labute approximate surface area is 132 Å². The minimum absolute atomic E-state index is 0.00221. The van der Waals surface area contributed by atoms with Gasteiger partial charge in [-0.2, -0.15) is 8.42 Å². The zero-order valence-corrected chi connectivity index (χ0v) is 13.1. The normalized spacial score (nSPS) is 18.3. The summed E-state index contributed by atoms with van der Waals surface area (Å²) in [6.45, 7) is -0.00221. The van der Waals surface area contributed by atoms with E-state index in [1.807, 2.05) is 0 Å². The van der Waals surface area contributed by atoms with Crippen LogP contribution in [-0.4, -0.2) is 39.7 Å². The van der Waals surface area contributed by atoms with Crippen molar-refractivity contribution in [2.24, 2.45) is 5.92 Å². The Hall–Kier alpha value is -2.03. The third kappa shape index (κ3) is 4.47. The second kappa shape index (κ2) is 6.61. The van der Waals surface area contributed by atoms with Crippen LogP contribution in [0.2, 0.25) is 0 Å². The van der Waals surface area contributed by atoms with Crippen molar-refractivity contribution in [2.45, 2.75) is 12.8 Å². The molecule has 2 rings (SSSR count). The van der Waals surface area contributed by atoms with Gasteiger partial charge in [-0.3, -0.25) is 9.59 Å². The van der Waals surface area contributed by atoms with Gasteiger partial charge in [0, 0.05) is 24.6 Å². The number of anilines is 1. The predicted octanol–water partition coefficient (Wildman–Crippen LogP) is 1.19. The van der Waals surface area contributed by atoms with Crippen LogP contribution in [-0.2, 0) is 31.0 Å². The Kier molecular flexibility index (Phi) is 4.98. The highest BCUT2D eigenvalue weighted by atomic mass is 32.3. The Morgan fingerprint density at radius 3 is 2.70 bits per heavy atom. The first-order chi connectivity index (χ1) is 10.7. The van der Waals surface area contributed by atoms with E-state index in [1.54, 1.807) is 0 Å². The largest absolute Gasteiger partial charge is 0.469 e. The van der Waals surface area contributed by atoms with Crippen molar-refractivity contribution in [3.8, 4) is 0 Å². The van der Waals surface area contributed by atoms with Gasteiger partial charge in [-0.1, -0.05) is 6.07 Å². The molecule has 1 unspecified atom stereocenters. The number of hydrogen-bond acceptors (Lipinski definition) is 5. The van der Waals surface area contributed by atoms with Gasteiger partial charge in [-0.15, -0.1) is 3.89 Å². The number of rotatable bonds is 5. The van der Waals surface area contributed by atoms with Gasteiger partial charge in [0.25, 0.3) is 0 Å². The van der Waals surface area contributed by atoms with E-state index in [9.17, 15) is 26.3 Å². The molecule has 0 aromatic heterocycles. The Balaban J connectivity index is 2.14. The summed E-state index contributed by atoms with van der Waals surface area (Å²) in [5, 5.41) is 0. The SMILES string of the molecule is COC(=O)Cc1ccc(N2CC(CS(=O)(=O)F)CC2=O)cc1F. The quantitative estimate of drug-likeness (QED) is 0.590. The van der Waals surface area contributed by atoms with Crippen LogP contribution in [0.3, 0.4) is 0 Å². The lowest BCUT2D eigenvalue weighted by Gasteiger charge is -2.17. The van der Waals surface area contributed by atoms with Gasteiger partial charge in [0.05, 0.1) is 19.3 Å². The van der Waals surface area contributed by atoms with Crippen LogP contribution in [0.1, 0.15) is 12.0 Å². The van der Waals surface area contributed by atoms with Crippen molar-refractivity contribution in [1.29, 1.82) is 0 Å². The molecule has 126 valence electrons. The van der Waals surface area contributed by atoms with Crippen LogP contribution in [0.4, 0.5) is 14.0 Å². The molecule has 1 saturated heterocycles. The van der Waals surface area contributed by atoms with E-state index in [0.717, 1.165) is 6.07 Å². The number of amides is 1. The third-order valence-corrected chi connectivity index (χ3v) is 4.42. The molecule has 0 aliphatic carbocycles. The number of nitrogens with zero attached hydrogens (tertiary/aromatic N) is 1. The smallest absolute Gasteiger partial charge is 0.310 e. The Morgan fingerprint density at radius 1 is 1.43 bits per heavy atom. The topological polar surface area (TPSA) is 80.8 Å². The molecule has 1 aliphatic rings. The maximum Gasteiger partial charge on any atom is 0.310 e. The van der Waals surface area contributed by atoms with Crippen LogP contribution in [0.5, 0.6) is 0 Å². The molecule has 9 heteroatoms. The lowest BCUT2D eigenvalue weighted by Crippen LogP contribution is -2.25. The van der Waals surface area contributed by atoms with E-state index < -0.39 is 39.6 Å². The minimum atomic E-state index is -4.67. The number of benzene rings is 1. The zero-order valence-electron chi connectivity index (χ0n) is 12.3. The third-order valence-electron chi connectivity index (χ3n) is 3.55. The summed E-state index contributed by atoms with van der Waals surface area (Å²) in [7, 11) is -3.48. The summed E-state index contributed by atoms with van der Waals surface area (Å²) in [6.07, 6.45) is -0.353. The number of ether oxygens (including phenoxy) is 1. The molecule has 0 radical (unpaired) electrons. The van der Waals surface area contributed by atoms with E-state index in [-0.39, 0.29) is 30.6 Å². The fourth-order valence-corrected chi connectivity index (χ4v) is 3.29. The average Bonchev–Trinajstić information content (AvgIpc) is 2.79. The molecule has 0 spiro atoms. The Bertz CT molecular complexity index is 735. The van der Waals surface area contributed by atoms with Crippen molar-refractivity contribution >= 4 is 27.8 Å². The molecule has 1 aromatic carbocycles. The summed E-state index contributed by atoms with van der Waals surface area (Å²) >= 11 is 0. The molecule has 6 nitrogen and oxygen atoms in total. The Morgan fingerprint density at radius 2 is 2.13 bits per heavy atom. The molecule has 1 aliphatic heterocycles. The van der Waals surface area contributed by atoms with Crippen LogP contribution < -0.4 is 4.90 Å². The lowest BCUT2D eigenvalue weighted by molar-refractivity contribution is -0.139. The standard InChI is InChI=1S/C14H15F2NO5S/c1-22-14(19)5-10-2-3-11(6-12(10)15)17-7-9(4-13(17)18)8-23(16,20)21/h2-3,6,9H,4-5,7-8H2,1H3. The highest BCUT2D eigenvalue weighted by Crippen LogP contribution is 2.27. The highest BCUT2D eigenvalue weighted by molar-refractivity contribution is 7.86. The second-order valence-corrected chi connectivity index (χ2v) is 6.72. The first-order valence-corrected chi connectivity index (χ1v) is 8.33. The molecule has 0 saturated carbocycles. The molecule has 1 heterocycles. The molecule has 1 aromatic rings. The van der Waals surface area contributed by atoms with Gasteiger partial charge in [-0.25, -0.2) is 4.39 Å². The lowest BCUT2D eigenvalue weighted by atomic mass is 10.1. The van der Waals surface area contributed by atoms with Gasteiger partial charge in [0.2, 0.25) is 5.91 Å². The van der Waals surface area contributed by atoms with Gasteiger partial charge in [-0.05, 0) is 17.7 Å². The first-order valence-electron chi connectivity index (χ1n) is 6.77. The van der Waals surface area contributed by atoms with Crippen LogP contribution in [0.25, 0.3) is 0 Å². The molecule has 0 bridgehead atoms. The van der Waals surface area contributed by atoms with Gasteiger partial charge >= 0.3 is 16.2 Å². The second-order valence-electron chi connectivity index (χ2n) is 5.31. The predicted molar refractivity (Wildman–Crippen MR) is 77.5 cm³/mol. The van der Waals surface area contributed by atoms with Crippen molar-refractivity contribution < 1.29 is 31.0 Å². The van der Waals surface area contributed by atoms with Crippen molar-refractivity contribution in [3.63, 3.8) is 0 Å². The average molecular weight is 347 g/mol. The van der Waals surface area contributed by atoms with Crippen molar-refractivity contribution in [1.82, 2.24) is 0 Å². The van der Waals surface area contributed by atoms with Gasteiger partial charge in [0.15, 0.2) is 0 Å². The van der Waals surface area contributed by atoms with Gasteiger partial charge < -0.3 is 9.64 Å². The summed E-state index contributed by atoms with van der Waals surface area (Å²) in [5.41, 5.74) is 0.356.